The maximum absolute atomic E-state index is 13.6. The number of thiazole rings is 1. The van der Waals surface area contributed by atoms with Gasteiger partial charge in [-0.2, -0.15) is 0 Å². The van der Waals surface area contributed by atoms with Crippen LogP contribution in [0.3, 0.4) is 0 Å². The van der Waals surface area contributed by atoms with E-state index >= 15 is 0 Å². The van der Waals surface area contributed by atoms with E-state index in [0.717, 1.165) is 32.3 Å². The Hall–Kier alpha value is -2.40. The van der Waals surface area contributed by atoms with Gasteiger partial charge in [0.25, 0.3) is 5.91 Å². The van der Waals surface area contributed by atoms with Crippen LogP contribution in [0.2, 0.25) is 0 Å². The molecular formula is C22H24FN3O4S2. The number of halogens is 1. The predicted molar refractivity (Wildman–Crippen MR) is 123 cm³/mol. The highest BCUT2D eigenvalue weighted by Gasteiger charge is 2.22. The molecule has 1 aromatic heterocycles. The molecule has 1 saturated heterocycles. The minimum atomic E-state index is -3.35. The van der Waals surface area contributed by atoms with Gasteiger partial charge in [-0.15, -0.1) is 0 Å². The van der Waals surface area contributed by atoms with Gasteiger partial charge in [0.2, 0.25) is 0 Å². The van der Waals surface area contributed by atoms with Crippen LogP contribution in [-0.4, -0.2) is 69.9 Å². The van der Waals surface area contributed by atoms with Crippen molar-refractivity contribution in [2.45, 2.75) is 11.3 Å². The average molecular weight is 478 g/mol. The van der Waals surface area contributed by atoms with E-state index in [1.807, 2.05) is 0 Å². The molecule has 4 rings (SSSR count). The number of aromatic nitrogens is 1. The number of hydrogen-bond acceptors (Lipinski definition) is 7. The van der Waals surface area contributed by atoms with Crippen molar-refractivity contribution in [1.82, 2.24) is 9.88 Å². The molecule has 0 bridgehead atoms. The first kappa shape index (κ1) is 22.8. The number of fused-ring (bicyclic) bond motifs is 1. The molecule has 170 valence electrons. The van der Waals surface area contributed by atoms with Crippen molar-refractivity contribution in [3.8, 4) is 0 Å². The summed E-state index contributed by atoms with van der Waals surface area (Å²) in [5.74, 6) is -0.624. The minimum absolute atomic E-state index is 0.156. The smallest absolute Gasteiger partial charge is 0.260 e. The molecule has 0 atom stereocenters. The van der Waals surface area contributed by atoms with Crippen molar-refractivity contribution >= 4 is 42.4 Å². The first-order chi connectivity index (χ1) is 15.3. The van der Waals surface area contributed by atoms with Crippen molar-refractivity contribution in [2.24, 2.45) is 0 Å². The molecule has 1 amide bonds. The third kappa shape index (κ3) is 5.32. The maximum Gasteiger partial charge on any atom is 0.260 e. The van der Waals surface area contributed by atoms with Crippen LogP contribution in [-0.2, 0) is 14.6 Å². The second-order valence-electron chi connectivity index (χ2n) is 7.67. The van der Waals surface area contributed by atoms with E-state index in [0.29, 0.717) is 40.7 Å². The number of anilines is 1. The van der Waals surface area contributed by atoms with E-state index < -0.39 is 9.84 Å². The van der Waals surface area contributed by atoms with Gasteiger partial charge < -0.3 is 4.74 Å². The molecule has 1 aliphatic heterocycles. The standard InChI is InChI=1S/C22H24FN3O4S2/c1-32(28,29)18-6-3-16(4-7-18)21(27)26(10-2-9-25-11-13-30-14-12-25)22-24-19-8-5-17(23)15-20(19)31-22/h3-8,15H,2,9-14H2,1H3. The van der Waals surface area contributed by atoms with Crippen molar-refractivity contribution in [3.05, 3.63) is 53.8 Å². The van der Waals surface area contributed by atoms with Gasteiger partial charge >= 0.3 is 0 Å². The Balaban J connectivity index is 1.58. The highest BCUT2D eigenvalue weighted by atomic mass is 32.2. The van der Waals surface area contributed by atoms with E-state index in [1.165, 1.54) is 47.7 Å². The summed E-state index contributed by atoms with van der Waals surface area (Å²) < 4.78 is 43.2. The van der Waals surface area contributed by atoms with E-state index in [4.69, 9.17) is 4.74 Å². The summed E-state index contributed by atoms with van der Waals surface area (Å²) in [7, 11) is -3.35. The molecule has 3 aromatic rings. The molecule has 0 spiro atoms. The van der Waals surface area contributed by atoms with Gasteiger partial charge in [0.1, 0.15) is 5.82 Å². The van der Waals surface area contributed by atoms with Crippen LogP contribution in [0.5, 0.6) is 0 Å². The highest BCUT2D eigenvalue weighted by Crippen LogP contribution is 2.30. The zero-order valence-electron chi connectivity index (χ0n) is 17.7. The van der Waals surface area contributed by atoms with Crippen LogP contribution in [0.25, 0.3) is 10.2 Å². The SMILES string of the molecule is CS(=O)(=O)c1ccc(C(=O)N(CCCN2CCOCC2)c2nc3ccc(F)cc3s2)cc1. The molecule has 0 aliphatic carbocycles. The number of sulfone groups is 1. The van der Waals surface area contributed by atoms with Crippen molar-refractivity contribution in [3.63, 3.8) is 0 Å². The number of ether oxygens (including phenoxy) is 1. The molecular weight excluding hydrogens is 453 g/mol. The highest BCUT2D eigenvalue weighted by molar-refractivity contribution is 7.90. The molecule has 0 radical (unpaired) electrons. The summed E-state index contributed by atoms with van der Waals surface area (Å²) in [6.07, 6.45) is 1.86. The van der Waals surface area contributed by atoms with E-state index in [2.05, 4.69) is 9.88 Å². The summed E-state index contributed by atoms with van der Waals surface area (Å²) >= 11 is 1.26. The lowest BCUT2D eigenvalue weighted by Crippen LogP contribution is -2.39. The van der Waals surface area contributed by atoms with Crippen LogP contribution in [0.15, 0.2) is 47.4 Å². The summed E-state index contributed by atoms with van der Waals surface area (Å²) in [5, 5.41) is 0.491. The number of carbonyl (C=O) groups is 1. The minimum Gasteiger partial charge on any atom is -0.379 e. The fourth-order valence-electron chi connectivity index (χ4n) is 3.56. The van der Waals surface area contributed by atoms with E-state index in [-0.39, 0.29) is 16.6 Å². The monoisotopic (exact) mass is 477 g/mol. The van der Waals surface area contributed by atoms with Gasteiger partial charge in [-0.3, -0.25) is 14.6 Å². The summed E-state index contributed by atoms with van der Waals surface area (Å²) in [6, 6.07) is 10.3. The van der Waals surface area contributed by atoms with Crippen molar-refractivity contribution in [2.75, 3.05) is 50.5 Å². The van der Waals surface area contributed by atoms with Gasteiger partial charge in [0.05, 0.1) is 28.3 Å². The van der Waals surface area contributed by atoms with E-state index in [1.54, 1.807) is 11.0 Å². The third-order valence-corrected chi connectivity index (χ3v) is 7.47. The summed E-state index contributed by atoms with van der Waals surface area (Å²) in [6.45, 7) is 4.39. The number of benzene rings is 2. The number of morpholine rings is 1. The topological polar surface area (TPSA) is 79.8 Å². The molecule has 7 nitrogen and oxygen atoms in total. The Labute approximate surface area is 190 Å². The second-order valence-corrected chi connectivity index (χ2v) is 10.7. The van der Waals surface area contributed by atoms with Gasteiger partial charge in [-0.25, -0.2) is 17.8 Å². The molecule has 10 heteroatoms. The maximum atomic E-state index is 13.6. The van der Waals surface area contributed by atoms with Gasteiger partial charge in [-0.1, -0.05) is 11.3 Å². The fourth-order valence-corrected chi connectivity index (χ4v) is 5.21. The summed E-state index contributed by atoms with van der Waals surface area (Å²) in [5.41, 5.74) is 0.999. The van der Waals surface area contributed by atoms with Crippen LogP contribution in [0.4, 0.5) is 9.52 Å². The number of amides is 1. The van der Waals surface area contributed by atoms with Crippen LogP contribution in [0.1, 0.15) is 16.8 Å². The van der Waals surface area contributed by atoms with Gasteiger partial charge in [0.15, 0.2) is 15.0 Å². The lowest BCUT2D eigenvalue weighted by molar-refractivity contribution is 0.0376. The molecule has 0 unspecified atom stereocenters. The number of hydrogen-bond donors (Lipinski definition) is 0. The first-order valence-electron chi connectivity index (χ1n) is 10.3. The molecule has 1 aliphatic rings. The normalized spacial score (nSPS) is 15.2. The van der Waals surface area contributed by atoms with Crippen LogP contribution < -0.4 is 4.90 Å². The quantitative estimate of drug-likeness (QED) is 0.520. The van der Waals surface area contributed by atoms with Crippen LogP contribution in [0, 0.1) is 5.82 Å². The van der Waals surface area contributed by atoms with Gasteiger partial charge in [-0.05, 0) is 48.9 Å². The molecule has 32 heavy (non-hydrogen) atoms. The number of rotatable bonds is 7. The third-order valence-electron chi connectivity index (χ3n) is 5.30. The Morgan fingerprint density at radius 3 is 2.59 bits per heavy atom. The number of carbonyl (C=O) groups excluding carboxylic acids is 1. The fraction of sp³-hybridized carbons (Fsp3) is 0.364. The largest absolute Gasteiger partial charge is 0.379 e. The Kier molecular flexibility index (Phi) is 6.85. The Morgan fingerprint density at radius 2 is 1.91 bits per heavy atom. The first-order valence-corrected chi connectivity index (χ1v) is 13.0. The molecule has 1 fully saturated rings. The molecule has 2 aromatic carbocycles. The summed E-state index contributed by atoms with van der Waals surface area (Å²) in [4.78, 5) is 22.0. The van der Waals surface area contributed by atoms with Crippen molar-refractivity contribution in [1.29, 1.82) is 0 Å². The predicted octanol–water partition coefficient (Wildman–Crippen LogP) is 3.21. The Bertz CT molecular complexity index is 1210. The average Bonchev–Trinajstić information content (AvgIpc) is 3.19. The molecule has 2 heterocycles. The van der Waals surface area contributed by atoms with Crippen molar-refractivity contribution < 1.29 is 22.3 Å². The lowest BCUT2D eigenvalue weighted by atomic mass is 10.2. The zero-order valence-corrected chi connectivity index (χ0v) is 19.3. The zero-order chi connectivity index (χ0) is 22.7. The Morgan fingerprint density at radius 1 is 1.19 bits per heavy atom. The number of nitrogens with zero attached hydrogens (tertiary/aromatic N) is 3. The second kappa shape index (κ2) is 9.62. The molecule has 0 saturated carbocycles. The lowest BCUT2D eigenvalue weighted by Gasteiger charge is -2.27. The van der Waals surface area contributed by atoms with Gasteiger partial charge in [0, 0.05) is 38.0 Å². The van der Waals surface area contributed by atoms with Crippen LogP contribution >= 0.6 is 11.3 Å². The van der Waals surface area contributed by atoms with E-state index in [9.17, 15) is 17.6 Å². The molecule has 0 N–H and O–H groups in total.